The van der Waals surface area contributed by atoms with Crippen LogP contribution in [0.25, 0.3) is 0 Å². The van der Waals surface area contributed by atoms with Crippen molar-refractivity contribution < 1.29 is 14.6 Å². The number of hydrogen-bond donors (Lipinski definition) is 2. The topological polar surface area (TPSA) is 50.7 Å². The summed E-state index contributed by atoms with van der Waals surface area (Å²) in [6.07, 6.45) is -0.619. The van der Waals surface area contributed by atoms with E-state index in [-0.39, 0.29) is 6.04 Å². The summed E-state index contributed by atoms with van der Waals surface area (Å²) >= 11 is 1.73. The number of benzene rings is 1. The molecule has 1 aromatic carbocycles. The SMILES string of the molecule is COc1cc(OC)cc([C@@H](O)CN[C@@H](C)c2sccc2C)c1. The van der Waals surface area contributed by atoms with Crippen LogP contribution in [-0.2, 0) is 0 Å². The average Bonchev–Trinajstić information content (AvgIpc) is 2.97. The molecule has 0 radical (unpaired) electrons. The number of aliphatic hydroxyl groups is 1. The first-order valence-corrected chi connectivity index (χ1v) is 8.11. The minimum absolute atomic E-state index is 0.210. The predicted molar refractivity (Wildman–Crippen MR) is 90.0 cm³/mol. The van der Waals surface area contributed by atoms with Crippen LogP contribution >= 0.6 is 11.3 Å². The molecule has 0 saturated carbocycles. The zero-order valence-corrected chi connectivity index (χ0v) is 14.2. The maximum Gasteiger partial charge on any atom is 0.122 e. The summed E-state index contributed by atoms with van der Waals surface area (Å²) < 4.78 is 10.5. The van der Waals surface area contributed by atoms with E-state index >= 15 is 0 Å². The van der Waals surface area contributed by atoms with Gasteiger partial charge < -0.3 is 19.9 Å². The molecule has 0 unspecified atom stereocenters. The summed E-state index contributed by atoms with van der Waals surface area (Å²) in [5.74, 6) is 1.35. The Bertz CT molecular complexity index is 589. The van der Waals surface area contributed by atoms with Gasteiger partial charge in [0.25, 0.3) is 0 Å². The lowest BCUT2D eigenvalue weighted by molar-refractivity contribution is 0.170. The number of methoxy groups -OCH3 is 2. The average molecular weight is 321 g/mol. The molecule has 0 aliphatic heterocycles. The van der Waals surface area contributed by atoms with Crippen molar-refractivity contribution in [3.63, 3.8) is 0 Å². The molecule has 0 aliphatic rings. The standard InChI is InChI=1S/C17H23NO3S/c1-11-5-6-22-17(11)12(2)18-10-16(19)13-7-14(20-3)9-15(8-13)21-4/h5-9,12,16,18-19H,10H2,1-4H3/t12-,16-/m0/s1. The molecule has 22 heavy (non-hydrogen) atoms. The second-order valence-electron chi connectivity index (χ2n) is 5.26. The fourth-order valence-electron chi connectivity index (χ4n) is 2.35. The zero-order chi connectivity index (χ0) is 16.1. The first-order chi connectivity index (χ1) is 10.5. The molecule has 5 heteroatoms. The number of ether oxygens (including phenoxy) is 2. The summed E-state index contributed by atoms with van der Waals surface area (Å²) in [6.45, 7) is 4.68. The molecule has 0 bridgehead atoms. The van der Waals surface area contributed by atoms with Crippen molar-refractivity contribution in [2.75, 3.05) is 20.8 Å². The molecule has 2 rings (SSSR count). The van der Waals surface area contributed by atoms with Crippen molar-refractivity contribution in [3.8, 4) is 11.5 Å². The number of aryl methyl sites for hydroxylation is 1. The molecule has 0 spiro atoms. The Morgan fingerprint density at radius 3 is 2.32 bits per heavy atom. The van der Waals surface area contributed by atoms with Gasteiger partial charge in [0.15, 0.2) is 0 Å². The smallest absolute Gasteiger partial charge is 0.122 e. The zero-order valence-electron chi connectivity index (χ0n) is 13.4. The van der Waals surface area contributed by atoms with Crippen LogP contribution in [0.15, 0.2) is 29.6 Å². The van der Waals surface area contributed by atoms with E-state index in [4.69, 9.17) is 9.47 Å². The van der Waals surface area contributed by atoms with E-state index in [0.717, 1.165) is 5.56 Å². The lowest BCUT2D eigenvalue weighted by Gasteiger charge is -2.18. The highest BCUT2D eigenvalue weighted by molar-refractivity contribution is 7.10. The summed E-state index contributed by atoms with van der Waals surface area (Å²) in [5, 5.41) is 15.9. The maximum atomic E-state index is 10.4. The molecular formula is C17H23NO3S. The van der Waals surface area contributed by atoms with Crippen molar-refractivity contribution in [2.45, 2.75) is 26.0 Å². The van der Waals surface area contributed by atoms with Gasteiger partial charge in [-0.2, -0.15) is 0 Å². The predicted octanol–water partition coefficient (Wildman–Crippen LogP) is 3.46. The second-order valence-corrected chi connectivity index (χ2v) is 6.21. The van der Waals surface area contributed by atoms with Crippen LogP contribution in [0.5, 0.6) is 11.5 Å². The minimum Gasteiger partial charge on any atom is -0.497 e. The Labute approximate surface area is 135 Å². The van der Waals surface area contributed by atoms with Gasteiger partial charge in [0, 0.05) is 23.5 Å². The van der Waals surface area contributed by atoms with Gasteiger partial charge in [-0.3, -0.25) is 0 Å². The monoisotopic (exact) mass is 321 g/mol. The molecule has 2 atom stereocenters. The van der Waals surface area contributed by atoms with Gasteiger partial charge in [-0.15, -0.1) is 11.3 Å². The van der Waals surface area contributed by atoms with Crippen molar-refractivity contribution in [3.05, 3.63) is 45.6 Å². The number of hydrogen-bond acceptors (Lipinski definition) is 5. The number of thiophene rings is 1. The Morgan fingerprint density at radius 2 is 1.82 bits per heavy atom. The van der Waals surface area contributed by atoms with E-state index in [1.165, 1.54) is 10.4 Å². The van der Waals surface area contributed by atoms with E-state index < -0.39 is 6.10 Å². The Hall–Kier alpha value is -1.56. The van der Waals surface area contributed by atoms with E-state index in [1.807, 2.05) is 12.1 Å². The summed E-state index contributed by atoms with van der Waals surface area (Å²) in [4.78, 5) is 1.30. The molecule has 1 heterocycles. The number of aliphatic hydroxyl groups excluding tert-OH is 1. The highest BCUT2D eigenvalue weighted by atomic mass is 32.1. The van der Waals surface area contributed by atoms with Gasteiger partial charge in [-0.25, -0.2) is 0 Å². The molecule has 2 aromatic rings. The number of nitrogens with one attached hydrogen (secondary N) is 1. The molecule has 0 aliphatic carbocycles. The van der Waals surface area contributed by atoms with E-state index in [2.05, 4.69) is 30.6 Å². The van der Waals surface area contributed by atoms with Crippen LogP contribution in [0.1, 0.15) is 35.1 Å². The summed E-state index contributed by atoms with van der Waals surface area (Å²) in [6, 6.07) is 7.77. The van der Waals surface area contributed by atoms with Crippen molar-refractivity contribution in [2.24, 2.45) is 0 Å². The second kappa shape index (κ2) is 7.63. The lowest BCUT2D eigenvalue weighted by Crippen LogP contribution is -2.24. The third kappa shape index (κ3) is 4.00. The highest BCUT2D eigenvalue weighted by Crippen LogP contribution is 2.27. The third-order valence-electron chi connectivity index (χ3n) is 3.67. The molecular weight excluding hydrogens is 298 g/mol. The summed E-state index contributed by atoms with van der Waals surface area (Å²) in [5.41, 5.74) is 2.06. The van der Waals surface area contributed by atoms with Crippen molar-refractivity contribution >= 4 is 11.3 Å². The van der Waals surface area contributed by atoms with Gasteiger partial charge in [-0.05, 0) is 48.6 Å². The first kappa shape index (κ1) is 16.8. The van der Waals surface area contributed by atoms with Crippen LogP contribution in [0.4, 0.5) is 0 Å². The molecule has 1 aromatic heterocycles. The quantitative estimate of drug-likeness (QED) is 0.820. The fourth-order valence-corrected chi connectivity index (χ4v) is 3.31. The van der Waals surface area contributed by atoms with Crippen LogP contribution < -0.4 is 14.8 Å². The first-order valence-electron chi connectivity index (χ1n) is 7.23. The molecule has 0 amide bonds. The van der Waals surface area contributed by atoms with Crippen molar-refractivity contribution in [1.29, 1.82) is 0 Å². The normalized spacial score (nSPS) is 13.7. The largest absolute Gasteiger partial charge is 0.497 e. The van der Waals surface area contributed by atoms with Crippen LogP contribution in [0.2, 0.25) is 0 Å². The molecule has 4 nitrogen and oxygen atoms in total. The molecule has 120 valence electrons. The minimum atomic E-state index is -0.619. The third-order valence-corrected chi connectivity index (χ3v) is 4.87. The summed E-state index contributed by atoms with van der Waals surface area (Å²) in [7, 11) is 3.20. The van der Waals surface area contributed by atoms with Crippen molar-refractivity contribution in [1.82, 2.24) is 5.32 Å². The Balaban J connectivity index is 2.03. The van der Waals surface area contributed by atoms with Crippen LogP contribution in [0, 0.1) is 6.92 Å². The molecule has 0 fully saturated rings. The van der Waals surface area contributed by atoms with Gasteiger partial charge in [-0.1, -0.05) is 0 Å². The van der Waals surface area contributed by atoms with Gasteiger partial charge >= 0.3 is 0 Å². The lowest BCUT2D eigenvalue weighted by atomic mass is 10.1. The van der Waals surface area contributed by atoms with Gasteiger partial charge in [0.2, 0.25) is 0 Å². The fraction of sp³-hybridized carbons (Fsp3) is 0.412. The van der Waals surface area contributed by atoms with Gasteiger partial charge in [0.05, 0.1) is 20.3 Å². The number of rotatable bonds is 7. The van der Waals surface area contributed by atoms with E-state index in [0.29, 0.717) is 18.0 Å². The van der Waals surface area contributed by atoms with Crippen LogP contribution in [-0.4, -0.2) is 25.9 Å². The Morgan fingerprint density at radius 1 is 1.18 bits per heavy atom. The Kier molecular flexibility index (Phi) is 5.83. The van der Waals surface area contributed by atoms with Crippen LogP contribution in [0.3, 0.4) is 0 Å². The van der Waals surface area contributed by atoms with Gasteiger partial charge in [0.1, 0.15) is 11.5 Å². The van der Waals surface area contributed by atoms with E-state index in [9.17, 15) is 5.11 Å². The van der Waals surface area contributed by atoms with E-state index in [1.54, 1.807) is 31.6 Å². The maximum absolute atomic E-state index is 10.4. The molecule has 2 N–H and O–H groups in total. The highest BCUT2D eigenvalue weighted by Gasteiger charge is 2.14. The molecule has 0 saturated heterocycles.